The van der Waals surface area contributed by atoms with E-state index in [4.69, 9.17) is 4.74 Å². The third-order valence-corrected chi connectivity index (χ3v) is 3.24. The second kappa shape index (κ2) is 6.36. The molecule has 0 aromatic heterocycles. The van der Waals surface area contributed by atoms with Crippen LogP contribution in [-0.4, -0.2) is 5.97 Å². The van der Waals surface area contributed by atoms with E-state index in [2.05, 4.69) is 0 Å². The van der Waals surface area contributed by atoms with Crippen LogP contribution in [0.5, 0.6) is 0 Å². The van der Waals surface area contributed by atoms with Crippen molar-refractivity contribution < 1.29 is 31.5 Å². The predicted molar refractivity (Wildman–Crippen MR) is 71.2 cm³/mol. The van der Waals surface area contributed by atoms with E-state index < -0.39 is 46.7 Å². The molecule has 1 atom stereocenters. The minimum absolute atomic E-state index is 0.507. The van der Waals surface area contributed by atoms with Crippen LogP contribution in [0, 0.1) is 36.0 Å². The lowest BCUT2D eigenvalue weighted by molar-refractivity contribution is 0.0323. The van der Waals surface area contributed by atoms with E-state index in [-0.39, 0.29) is 0 Å². The zero-order valence-corrected chi connectivity index (χ0v) is 12.1. The van der Waals surface area contributed by atoms with Gasteiger partial charge >= 0.3 is 5.97 Å². The fraction of sp³-hybridized carbons (Fsp3) is 0.188. The SMILES string of the molecule is Cc1ccc([13CH](C)[18O]C(=O)c2c(F)c(F)c(F)c(F)c2F)cc1. The van der Waals surface area contributed by atoms with Gasteiger partial charge in [-0.25, -0.2) is 26.7 Å². The molecule has 0 bridgehead atoms. The Morgan fingerprint density at radius 2 is 1.30 bits per heavy atom. The number of carbonyl (C=O) groups is 1. The highest BCUT2D eigenvalue weighted by Gasteiger charge is 2.31. The van der Waals surface area contributed by atoms with Crippen LogP contribution in [0.1, 0.15) is 34.5 Å². The summed E-state index contributed by atoms with van der Waals surface area (Å²) in [7, 11) is 0. The third-order valence-electron chi connectivity index (χ3n) is 3.24. The number of esters is 1. The van der Waals surface area contributed by atoms with Crippen LogP contribution >= 0.6 is 0 Å². The van der Waals surface area contributed by atoms with Crippen molar-refractivity contribution in [2.24, 2.45) is 0 Å². The Kier molecular flexibility index (Phi) is 4.68. The molecule has 0 aliphatic rings. The third kappa shape index (κ3) is 3.18. The summed E-state index contributed by atoms with van der Waals surface area (Å²) < 4.78 is 71.0. The first kappa shape index (κ1) is 16.9. The van der Waals surface area contributed by atoms with Gasteiger partial charge in [0.2, 0.25) is 5.82 Å². The minimum Gasteiger partial charge on any atom is -0.454 e. The molecule has 2 nitrogen and oxygen atoms in total. The maximum atomic E-state index is 13.5. The molecule has 0 radical (unpaired) electrons. The van der Waals surface area contributed by atoms with E-state index in [1.807, 2.05) is 6.92 Å². The van der Waals surface area contributed by atoms with E-state index >= 15 is 0 Å². The van der Waals surface area contributed by atoms with Gasteiger partial charge in [0.25, 0.3) is 0 Å². The molecule has 23 heavy (non-hydrogen) atoms. The molecule has 0 saturated heterocycles. The van der Waals surface area contributed by atoms with Crippen molar-refractivity contribution in [1.29, 1.82) is 0 Å². The Bertz CT molecular complexity index is 727. The standard InChI is InChI=1S/C16H11F5O2/c1-7-3-5-9(6-4-7)8(2)23-16(22)10-11(17)13(19)15(21)14(20)12(10)18/h3-6,8H,1-2H3/i8+1,23+2. The molecule has 0 amide bonds. The van der Waals surface area contributed by atoms with Crippen molar-refractivity contribution in [3.63, 3.8) is 0 Å². The van der Waals surface area contributed by atoms with Crippen molar-refractivity contribution in [2.45, 2.75) is 20.0 Å². The van der Waals surface area contributed by atoms with Gasteiger partial charge in [-0.2, -0.15) is 0 Å². The largest absolute Gasteiger partial charge is 0.454 e. The molecule has 2 aromatic carbocycles. The average molecular weight is 333 g/mol. The average Bonchev–Trinajstić information content (AvgIpc) is 2.51. The number of ether oxygens (including phenoxy) is 1. The zero-order chi connectivity index (χ0) is 17.3. The van der Waals surface area contributed by atoms with Crippen molar-refractivity contribution in [1.82, 2.24) is 0 Å². The lowest BCUT2D eigenvalue weighted by Gasteiger charge is -2.15. The minimum atomic E-state index is -2.33. The van der Waals surface area contributed by atoms with Gasteiger partial charge in [-0.3, -0.25) is 0 Å². The van der Waals surface area contributed by atoms with Crippen LogP contribution < -0.4 is 0 Å². The van der Waals surface area contributed by atoms with Crippen LogP contribution in [-0.2, 0) is 4.74 Å². The van der Waals surface area contributed by atoms with Crippen LogP contribution in [0.3, 0.4) is 0 Å². The molecule has 0 N–H and O–H groups in total. The number of rotatable bonds is 3. The Balaban J connectivity index is 2.33. The van der Waals surface area contributed by atoms with Crippen molar-refractivity contribution in [3.05, 3.63) is 70.0 Å². The Hall–Kier alpha value is -2.44. The summed E-state index contributed by atoms with van der Waals surface area (Å²) in [4.78, 5) is 11.8. The monoisotopic (exact) mass is 333 g/mol. The molecule has 0 aliphatic heterocycles. The first-order valence-electron chi connectivity index (χ1n) is 6.53. The topological polar surface area (TPSA) is 26.3 Å². The molecular formula is C16H11F5O2. The van der Waals surface area contributed by atoms with Crippen molar-refractivity contribution in [2.75, 3.05) is 0 Å². The molecule has 0 saturated carbocycles. The van der Waals surface area contributed by atoms with Crippen LogP contribution in [0.25, 0.3) is 0 Å². The summed E-state index contributed by atoms with van der Waals surface area (Å²) in [5.74, 6) is -12.8. The first-order valence-corrected chi connectivity index (χ1v) is 6.53. The van der Waals surface area contributed by atoms with E-state index in [9.17, 15) is 26.7 Å². The first-order chi connectivity index (χ1) is 10.7. The summed E-state index contributed by atoms with van der Waals surface area (Å²) in [6, 6.07) is 6.67. The highest BCUT2D eigenvalue weighted by atomic mass is 19.2. The normalized spacial score (nSPS) is 12.1. The summed E-state index contributed by atoms with van der Waals surface area (Å²) in [5.41, 5.74) is -0.166. The molecule has 2 rings (SSSR count). The molecule has 7 heteroatoms. The van der Waals surface area contributed by atoms with Gasteiger partial charge in [0.15, 0.2) is 23.3 Å². The van der Waals surface area contributed by atoms with Gasteiger partial charge in [0.05, 0.1) is 0 Å². The molecule has 0 spiro atoms. The summed E-state index contributed by atoms with van der Waals surface area (Å²) in [6.45, 7) is 3.24. The van der Waals surface area contributed by atoms with Gasteiger partial charge < -0.3 is 4.74 Å². The highest BCUT2D eigenvalue weighted by molar-refractivity contribution is 5.90. The fourth-order valence-electron chi connectivity index (χ4n) is 1.91. The van der Waals surface area contributed by atoms with Crippen LogP contribution in [0.4, 0.5) is 22.0 Å². The molecule has 122 valence electrons. The van der Waals surface area contributed by atoms with Gasteiger partial charge in [-0.15, -0.1) is 0 Å². The predicted octanol–water partition coefficient (Wildman–Crippen LogP) is 4.61. The maximum Gasteiger partial charge on any atom is 0.344 e. The molecule has 0 fully saturated rings. The number of halogens is 5. The van der Waals surface area contributed by atoms with Gasteiger partial charge in [0, 0.05) is 0 Å². The lowest BCUT2D eigenvalue weighted by atomic mass is 10.2. The summed E-state index contributed by atoms with van der Waals surface area (Å²) in [5, 5.41) is 0. The molecule has 0 aliphatic carbocycles. The number of aryl methyl sites for hydroxylation is 1. The van der Waals surface area contributed by atoms with Crippen molar-refractivity contribution in [3.8, 4) is 0 Å². The number of hydrogen-bond donors (Lipinski definition) is 0. The smallest absolute Gasteiger partial charge is 0.344 e. The Morgan fingerprint density at radius 1 is 0.870 bits per heavy atom. The molecule has 0 heterocycles. The summed E-state index contributed by atoms with van der Waals surface area (Å²) >= 11 is 0. The molecular weight excluding hydrogens is 322 g/mol. The van der Waals surface area contributed by atoms with Crippen LogP contribution in [0.15, 0.2) is 24.3 Å². The molecule has 2 aromatic rings. The van der Waals surface area contributed by atoms with Gasteiger partial charge in [-0.1, -0.05) is 29.8 Å². The Morgan fingerprint density at radius 3 is 1.78 bits per heavy atom. The number of benzene rings is 2. The summed E-state index contributed by atoms with van der Waals surface area (Å²) in [6.07, 6.45) is -0.932. The second-order valence-electron chi connectivity index (χ2n) is 4.90. The highest BCUT2D eigenvalue weighted by Crippen LogP contribution is 2.26. The van der Waals surface area contributed by atoms with E-state index in [1.165, 1.54) is 6.92 Å². The van der Waals surface area contributed by atoms with Gasteiger partial charge in [0.1, 0.15) is 11.7 Å². The zero-order valence-electron chi connectivity index (χ0n) is 12.1. The van der Waals surface area contributed by atoms with E-state index in [0.717, 1.165) is 5.56 Å². The molecule has 1 unspecified atom stereocenters. The van der Waals surface area contributed by atoms with E-state index in [1.54, 1.807) is 24.3 Å². The Labute approximate surface area is 128 Å². The van der Waals surface area contributed by atoms with Crippen molar-refractivity contribution >= 4 is 5.97 Å². The fourth-order valence-corrected chi connectivity index (χ4v) is 1.91. The second-order valence-corrected chi connectivity index (χ2v) is 4.90. The van der Waals surface area contributed by atoms with Crippen LogP contribution in [0.2, 0.25) is 0 Å². The number of carbonyl (C=O) groups excluding carboxylic acids is 1. The van der Waals surface area contributed by atoms with Gasteiger partial charge in [-0.05, 0) is 19.4 Å². The maximum absolute atomic E-state index is 13.5. The quantitative estimate of drug-likeness (QED) is 0.205. The van der Waals surface area contributed by atoms with E-state index in [0.29, 0.717) is 5.56 Å². The lowest BCUT2D eigenvalue weighted by Crippen LogP contribution is -2.16. The number of hydrogen-bond acceptors (Lipinski definition) is 2.